The minimum Gasteiger partial charge on any atom is -0.330 e. The molecule has 1 rings (SSSR count). The van der Waals surface area contributed by atoms with Crippen LogP contribution in [0, 0.1) is 19.8 Å². The van der Waals surface area contributed by atoms with Gasteiger partial charge in [-0.15, -0.1) is 0 Å². The van der Waals surface area contributed by atoms with Crippen molar-refractivity contribution in [2.45, 2.75) is 33.6 Å². The van der Waals surface area contributed by atoms with Crippen molar-refractivity contribution in [3.05, 3.63) is 33.8 Å². The second-order valence-electron chi connectivity index (χ2n) is 4.41. The predicted molar refractivity (Wildman–Crippen MR) is 67.5 cm³/mol. The molecule has 1 aromatic rings. The Morgan fingerprint density at radius 1 is 1.27 bits per heavy atom. The average molecular weight is 226 g/mol. The van der Waals surface area contributed by atoms with E-state index in [1.807, 2.05) is 0 Å². The van der Waals surface area contributed by atoms with Crippen molar-refractivity contribution in [1.29, 1.82) is 0 Å². The van der Waals surface area contributed by atoms with Gasteiger partial charge in [-0.2, -0.15) is 0 Å². The Bertz CT molecular complexity index is 334. The molecule has 0 saturated carbocycles. The molecule has 0 amide bonds. The quantitative estimate of drug-likeness (QED) is 0.834. The number of benzene rings is 1. The lowest BCUT2D eigenvalue weighted by Gasteiger charge is -2.13. The fourth-order valence-electron chi connectivity index (χ4n) is 1.76. The van der Waals surface area contributed by atoms with Crippen LogP contribution in [-0.4, -0.2) is 6.54 Å². The zero-order chi connectivity index (χ0) is 11.4. The maximum atomic E-state index is 6.21. The Balaban J connectivity index is 2.81. The van der Waals surface area contributed by atoms with Crippen molar-refractivity contribution >= 4 is 11.6 Å². The molecule has 84 valence electrons. The van der Waals surface area contributed by atoms with Gasteiger partial charge in [-0.1, -0.05) is 24.6 Å². The van der Waals surface area contributed by atoms with E-state index in [1.165, 1.54) is 16.7 Å². The Kier molecular flexibility index (Phi) is 4.62. The van der Waals surface area contributed by atoms with E-state index in [9.17, 15) is 0 Å². The number of halogens is 1. The molecule has 0 aliphatic rings. The van der Waals surface area contributed by atoms with Crippen LogP contribution in [0.15, 0.2) is 12.1 Å². The van der Waals surface area contributed by atoms with Gasteiger partial charge >= 0.3 is 0 Å². The number of aryl methyl sites for hydroxylation is 2. The lowest BCUT2D eigenvalue weighted by molar-refractivity contribution is 0.538. The standard InChI is InChI=1S/C13H20ClN/c1-9(4-5-15)6-12-7-10(2)11(3)8-13(12)14/h7-9H,4-6,15H2,1-3H3. The molecule has 15 heavy (non-hydrogen) atoms. The van der Waals surface area contributed by atoms with Crippen LogP contribution in [0.25, 0.3) is 0 Å². The van der Waals surface area contributed by atoms with Crippen molar-refractivity contribution in [3.8, 4) is 0 Å². The molecule has 2 heteroatoms. The van der Waals surface area contributed by atoms with Crippen molar-refractivity contribution in [2.75, 3.05) is 6.54 Å². The number of hydrogen-bond acceptors (Lipinski definition) is 1. The smallest absolute Gasteiger partial charge is 0.0440 e. The second-order valence-corrected chi connectivity index (χ2v) is 4.82. The topological polar surface area (TPSA) is 26.0 Å². The third-order valence-electron chi connectivity index (χ3n) is 2.89. The molecule has 0 aliphatic heterocycles. The van der Waals surface area contributed by atoms with E-state index in [4.69, 9.17) is 17.3 Å². The van der Waals surface area contributed by atoms with Crippen LogP contribution in [0.1, 0.15) is 30.0 Å². The van der Waals surface area contributed by atoms with E-state index >= 15 is 0 Å². The maximum Gasteiger partial charge on any atom is 0.0440 e. The van der Waals surface area contributed by atoms with Gasteiger partial charge in [-0.3, -0.25) is 0 Å². The van der Waals surface area contributed by atoms with Crippen LogP contribution in [-0.2, 0) is 6.42 Å². The highest BCUT2D eigenvalue weighted by Crippen LogP contribution is 2.24. The van der Waals surface area contributed by atoms with Gasteiger partial charge in [-0.25, -0.2) is 0 Å². The second kappa shape index (κ2) is 5.53. The van der Waals surface area contributed by atoms with Crippen molar-refractivity contribution in [2.24, 2.45) is 11.7 Å². The van der Waals surface area contributed by atoms with E-state index in [0.29, 0.717) is 5.92 Å². The van der Waals surface area contributed by atoms with Crippen molar-refractivity contribution in [3.63, 3.8) is 0 Å². The summed E-state index contributed by atoms with van der Waals surface area (Å²) in [6.45, 7) is 7.19. The third-order valence-corrected chi connectivity index (χ3v) is 3.24. The van der Waals surface area contributed by atoms with E-state index < -0.39 is 0 Å². The lowest BCUT2D eigenvalue weighted by atomic mass is 9.95. The fraction of sp³-hybridized carbons (Fsp3) is 0.538. The van der Waals surface area contributed by atoms with Gasteiger partial charge < -0.3 is 5.73 Å². The molecule has 0 heterocycles. The largest absolute Gasteiger partial charge is 0.330 e. The molecule has 0 spiro atoms. The molecule has 0 radical (unpaired) electrons. The molecule has 2 N–H and O–H groups in total. The monoisotopic (exact) mass is 225 g/mol. The van der Waals surface area contributed by atoms with Crippen LogP contribution in [0.3, 0.4) is 0 Å². The first-order valence-corrected chi connectivity index (χ1v) is 5.88. The molecular weight excluding hydrogens is 206 g/mol. The highest BCUT2D eigenvalue weighted by Gasteiger charge is 2.07. The van der Waals surface area contributed by atoms with Gasteiger partial charge in [-0.05, 0) is 61.9 Å². The first kappa shape index (κ1) is 12.5. The predicted octanol–water partition coefficient (Wildman–Crippen LogP) is 3.48. The Labute approximate surface area is 97.6 Å². The molecule has 1 atom stereocenters. The molecule has 1 unspecified atom stereocenters. The minimum absolute atomic E-state index is 0.606. The van der Waals surface area contributed by atoms with E-state index in [1.54, 1.807) is 0 Å². The SMILES string of the molecule is Cc1cc(Cl)c(CC(C)CCN)cc1C. The number of hydrogen-bond donors (Lipinski definition) is 1. The van der Waals surface area contributed by atoms with Crippen molar-refractivity contribution in [1.82, 2.24) is 0 Å². The van der Waals surface area contributed by atoms with Crippen LogP contribution in [0.2, 0.25) is 5.02 Å². The Morgan fingerprint density at radius 2 is 1.87 bits per heavy atom. The van der Waals surface area contributed by atoms with E-state index in [0.717, 1.165) is 24.4 Å². The van der Waals surface area contributed by atoms with E-state index in [2.05, 4.69) is 32.9 Å². The van der Waals surface area contributed by atoms with E-state index in [-0.39, 0.29) is 0 Å². The first-order chi connectivity index (χ1) is 7.04. The van der Waals surface area contributed by atoms with Crippen molar-refractivity contribution < 1.29 is 0 Å². The summed E-state index contributed by atoms with van der Waals surface area (Å²) in [6.07, 6.45) is 2.08. The normalized spacial score (nSPS) is 12.9. The Morgan fingerprint density at radius 3 is 2.47 bits per heavy atom. The molecule has 1 nitrogen and oxygen atoms in total. The van der Waals surface area contributed by atoms with Gasteiger partial charge in [0.1, 0.15) is 0 Å². The minimum atomic E-state index is 0.606. The summed E-state index contributed by atoms with van der Waals surface area (Å²) < 4.78 is 0. The molecule has 0 saturated heterocycles. The molecule has 0 aromatic heterocycles. The molecular formula is C13H20ClN. The summed E-state index contributed by atoms with van der Waals surface area (Å²) in [5.74, 6) is 0.606. The first-order valence-electron chi connectivity index (χ1n) is 5.50. The van der Waals surface area contributed by atoms with Crippen LogP contribution < -0.4 is 5.73 Å². The summed E-state index contributed by atoms with van der Waals surface area (Å²) in [6, 6.07) is 4.26. The summed E-state index contributed by atoms with van der Waals surface area (Å²) in [5.41, 5.74) is 9.37. The number of rotatable bonds is 4. The maximum absolute atomic E-state index is 6.21. The molecule has 0 fully saturated rings. The zero-order valence-corrected chi connectivity index (χ0v) is 10.6. The van der Waals surface area contributed by atoms with Gasteiger partial charge in [0.05, 0.1) is 0 Å². The summed E-state index contributed by atoms with van der Waals surface area (Å²) in [7, 11) is 0. The number of nitrogens with two attached hydrogens (primary N) is 1. The summed E-state index contributed by atoms with van der Waals surface area (Å²) >= 11 is 6.21. The highest BCUT2D eigenvalue weighted by molar-refractivity contribution is 6.31. The summed E-state index contributed by atoms with van der Waals surface area (Å²) in [5, 5.41) is 0.891. The Hall–Kier alpha value is -0.530. The molecule has 0 aliphatic carbocycles. The zero-order valence-electron chi connectivity index (χ0n) is 9.81. The average Bonchev–Trinajstić information content (AvgIpc) is 2.14. The van der Waals surface area contributed by atoms with Gasteiger partial charge in [0.15, 0.2) is 0 Å². The lowest BCUT2D eigenvalue weighted by Crippen LogP contribution is -2.08. The van der Waals surface area contributed by atoms with Gasteiger partial charge in [0.2, 0.25) is 0 Å². The highest BCUT2D eigenvalue weighted by atomic mass is 35.5. The summed E-state index contributed by atoms with van der Waals surface area (Å²) in [4.78, 5) is 0. The van der Waals surface area contributed by atoms with Crippen LogP contribution >= 0.6 is 11.6 Å². The molecule has 0 bridgehead atoms. The van der Waals surface area contributed by atoms with Gasteiger partial charge in [0, 0.05) is 5.02 Å². The third kappa shape index (κ3) is 3.51. The van der Waals surface area contributed by atoms with Gasteiger partial charge in [0.25, 0.3) is 0 Å². The molecule has 1 aromatic carbocycles. The fourth-order valence-corrected chi connectivity index (χ4v) is 2.05. The van der Waals surface area contributed by atoms with Crippen LogP contribution in [0.5, 0.6) is 0 Å². The van der Waals surface area contributed by atoms with Crippen LogP contribution in [0.4, 0.5) is 0 Å².